The van der Waals surface area contributed by atoms with Crippen LogP contribution in [0.15, 0.2) is 33.5 Å². The van der Waals surface area contributed by atoms with Gasteiger partial charge in [-0.05, 0) is 22.0 Å². The summed E-state index contributed by atoms with van der Waals surface area (Å²) in [7, 11) is 0. The van der Waals surface area contributed by atoms with E-state index in [4.69, 9.17) is 5.11 Å². The van der Waals surface area contributed by atoms with E-state index in [-0.39, 0.29) is 5.76 Å². The Balaban J connectivity index is 2.41. The van der Waals surface area contributed by atoms with Crippen molar-refractivity contribution in [3.05, 3.63) is 34.8 Å². The molecule has 2 rings (SSSR count). The molecule has 1 N–H and O–H groups in total. The highest BCUT2D eigenvalue weighted by atomic mass is 79.9. The molecule has 2 heterocycles. The summed E-state index contributed by atoms with van der Waals surface area (Å²) in [5.74, 6) is -1.33. The third-order valence-corrected chi connectivity index (χ3v) is 2.16. The largest absolute Gasteiger partial charge is 0.475 e. The standard InChI is InChI=1S/C9H5BrN2O3/c10-6-1-5(3-11-4-6)7-2-8(9(13)14)15-12-7/h1-4H,(H,13,14). The lowest BCUT2D eigenvalue weighted by molar-refractivity contribution is 0.0652. The zero-order chi connectivity index (χ0) is 10.8. The van der Waals surface area contributed by atoms with E-state index in [0.717, 1.165) is 4.47 Å². The van der Waals surface area contributed by atoms with Crippen LogP contribution in [0.4, 0.5) is 0 Å². The molecule has 0 fully saturated rings. The van der Waals surface area contributed by atoms with Crippen molar-refractivity contribution >= 4 is 21.9 Å². The van der Waals surface area contributed by atoms with Gasteiger partial charge in [0.25, 0.3) is 0 Å². The van der Waals surface area contributed by atoms with Crippen molar-refractivity contribution in [2.75, 3.05) is 0 Å². The Morgan fingerprint density at radius 1 is 1.40 bits per heavy atom. The highest BCUT2D eigenvalue weighted by Crippen LogP contribution is 2.21. The minimum Gasteiger partial charge on any atom is -0.475 e. The normalized spacial score (nSPS) is 10.2. The van der Waals surface area contributed by atoms with Crippen LogP contribution in [-0.4, -0.2) is 21.2 Å². The van der Waals surface area contributed by atoms with Gasteiger partial charge in [-0.3, -0.25) is 4.98 Å². The first kappa shape index (κ1) is 9.85. The molecule has 0 aromatic carbocycles. The van der Waals surface area contributed by atoms with Gasteiger partial charge in [-0.15, -0.1) is 0 Å². The molecule has 2 aromatic heterocycles. The number of hydrogen-bond acceptors (Lipinski definition) is 4. The van der Waals surface area contributed by atoms with E-state index in [1.165, 1.54) is 6.07 Å². The molecule has 6 heteroatoms. The SMILES string of the molecule is O=C(O)c1cc(-c2cncc(Br)c2)no1. The maximum atomic E-state index is 10.6. The Hall–Kier alpha value is -1.69. The molecular formula is C9H5BrN2O3. The molecule has 0 spiro atoms. The molecule has 0 saturated carbocycles. The monoisotopic (exact) mass is 268 g/mol. The first-order valence-corrected chi connectivity index (χ1v) is 4.77. The lowest BCUT2D eigenvalue weighted by Gasteiger charge is -1.93. The Bertz CT molecular complexity index is 510. The van der Waals surface area contributed by atoms with Crippen molar-refractivity contribution in [1.29, 1.82) is 0 Å². The van der Waals surface area contributed by atoms with Crippen LogP contribution >= 0.6 is 15.9 Å². The van der Waals surface area contributed by atoms with Crippen molar-refractivity contribution in [3.63, 3.8) is 0 Å². The van der Waals surface area contributed by atoms with Crippen molar-refractivity contribution in [3.8, 4) is 11.3 Å². The quantitative estimate of drug-likeness (QED) is 0.904. The van der Waals surface area contributed by atoms with Gasteiger partial charge in [0.2, 0.25) is 5.76 Å². The van der Waals surface area contributed by atoms with Crippen LogP contribution < -0.4 is 0 Å². The summed E-state index contributed by atoms with van der Waals surface area (Å²) in [5, 5.41) is 12.3. The van der Waals surface area contributed by atoms with Crippen LogP contribution in [0.25, 0.3) is 11.3 Å². The third kappa shape index (κ3) is 2.04. The molecular weight excluding hydrogens is 264 g/mol. The smallest absolute Gasteiger partial charge is 0.374 e. The molecule has 0 atom stereocenters. The average Bonchev–Trinajstić information content (AvgIpc) is 2.66. The number of aromatic carboxylic acids is 1. The van der Waals surface area contributed by atoms with Crippen molar-refractivity contribution in [2.24, 2.45) is 0 Å². The van der Waals surface area contributed by atoms with Crippen LogP contribution in [0, 0.1) is 0 Å². The summed E-state index contributed by atoms with van der Waals surface area (Å²) in [6.07, 6.45) is 3.20. The van der Waals surface area contributed by atoms with E-state index in [9.17, 15) is 4.79 Å². The predicted octanol–water partition coefficient (Wildman–Crippen LogP) is 2.20. The second kappa shape index (κ2) is 3.82. The third-order valence-electron chi connectivity index (χ3n) is 1.72. The number of rotatable bonds is 2. The van der Waals surface area contributed by atoms with Gasteiger partial charge in [-0.2, -0.15) is 0 Å². The summed E-state index contributed by atoms with van der Waals surface area (Å²) in [6.45, 7) is 0. The Morgan fingerprint density at radius 3 is 2.80 bits per heavy atom. The van der Waals surface area contributed by atoms with Gasteiger partial charge in [0.05, 0.1) is 0 Å². The van der Waals surface area contributed by atoms with Gasteiger partial charge in [0.1, 0.15) is 5.69 Å². The Morgan fingerprint density at radius 2 is 2.20 bits per heavy atom. The van der Waals surface area contributed by atoms with Crippen molar-refractivity contribution in [2.45, 2.75) is 0 Å². The Labute approximate surface area is 92.9 Å². The summed E-state index contributed by atoms with van der Waals surface area (Å²) in [5.41, 5.74) is 1.14. The molecule has 0 radical (unpaired) electrons. The Kier molecular flexibility index (Phi) is 2.51. The van der Waals surface area contributed by atoms with E-state index in [2.05, 4.69) is 30.6 Å². The molecule has 76 valence electrons. The van der Waals surface area contributed by atoms with Crippen LogP contribution in [0.5, 0.6) is 0 Å². The van der Waals surface area contributed by atoms with E-state index >= 15 is 0 Å². The number of carboxylic acid groups (broad SMARTS) is 1. The fourth-order valence-electron chi connectivity index (χ4n) is 1.06. The predicted molar refractivity (Wildman–Crippen MR) is 54.4 cm³/mol. The van der Waals surface area contributed by atoms with Crippen molar-refractivity contribution < 1.29 is 14.4 Å². The molecule has 15 heavy (non-hydrogen) atoms. The van der Waals surface area contributed by atoms with E-state index in [0.29, 0.717) is 11.3 Å². The second-order valence-electron chi connectivity index (χ2n) is 2.77. The summed E-state index contributed by atoms with van der Waals surface area (Å²) < 4.78 is 5.42. The van der Waals surface area contributed by atoms with E-state index < -0.39 is 5.97 Å². The molecule has 0 aliphatic rings. The fourth-order valence-corrected chi connectivity index (χ4v) is 1.43. The lowest BCUT2D eigenvalue weighted by Crippen LogP contribution is -1.91. The molecule has 0 bridgehead atoms. The average molecular weight is 269 g/mol. The molecule has 0 aliphatic heterocycles. The maximum absolute atomic E-state index is 10.6. The topological polar surface area (TPSA) is 76.2 Å². The van der Waals surface area contributed by atoms with Crippen LogP contribution in [0.2, 0.25) is 0 Å². The number of carboxylic acids is 1. The number of aromatic nitrogens is 2. The molecule has 2 aromatic rings. The molecule has 0 aliphatic carbocycles. The first-order chi connectivity index (χ1) is 7.16. The number of halogens is 1. The van der Waals surface area contributed by atoms with Gasteiger partial charge in [0, 0.05) is 28.5 Å². The number of hydrogen-bond donors (Lipinski definition) is 1. The number of nitrogens with zero attached hydrogens (tertiary/aromatic N) is 2. The van der Waals surface area contributed by atoms with Crippen LogP contribution in [0.1, 0.15) is 10.6 Å². The van der Waals surface area contributed by atoms with Gasteiger partial charge in [0.15, 0.2) is 0 Å². The van der Waals surface area contributed by atoms with Gasteiger partial charge in [-0.25, -0.2) is 4.79 Å². The highest BCUT2D eigenvalue weighted by molar-refractivity contribution is 9.10. The van der Waals surface area contributed by atoms with Gasteiger partial charge < -0.3 is 9.63 Å². The highest BCUT2D eigenvalue weighted by Gasteiger charge is 2.12. The second-order valence-corrected chi connectivity index (χ2v) is 3.69. The van der Waals surface area contributed by atoms with Crippen LogP contribution in [0.3, 0.4) is 0 Å². The maximum Gasteiger partial charge on any atom is 0.374 e. The molecule has 0 unspecified atom stereocenters. The molecule has 0 amide bonds. The zero-order valence-electron chi connectivity index (χ0n) is 7.35. The molecule has 0 saturated heterocycles. The van der Waals surface area contributed by atoms with Gasteiger partial charge >= 0.3 is 5.97 Å². The number of carbonyl (C=O) groups is 1. The summed E-state index contributed by atoms with van der Waals surface area (Å²) in [4.78, 5) is 14.5. The fraction of sp³-hybridized carbons (Fsp3) is 0. The minimum absolute atomic E-state index is 0.190. The summed E-state index contributed by atoms with van der Waals surface area (Å²) >= 11 is 3.26. The van der Waals surface area contributed by atoms with E-state index in [1.807, 2.05) is 0 Å². The minimum atomic E-state index is -1.14. The van der Waals surface area contributed by atoms with Crippen molar-refractivity contribution in [1.82, 2.24) is 10.1 Å². The lowest BCUT2D eigenvalue weighted by atomic mass is 10.2. The van der Waals surface area contributed by atoms with Crippen LogP contribution in [-0.2, 0) is 0 Å². The molecule has 5 nitrogen and oxygen atoms in total. The summed E-state index contributed by atoms with van der Waals surface area (Å²) in [6, 6.07) is 3.13. The van der Waals surface area contributed by atoms with Gasteiger partial charge in [-0.1, -0.05) is 5.16 Å². The zero-order valence-corrected chi connectivity index (χ0v) is 8.93. The van der Waals surface area contributed by atoms with E-state index in [1.54, 1.807) is 18.5 Å². The first-order valence-electron chi connectivity index (χ1n) is 3.98. The number of pyridine rings is 1.